The first-order chi connectivity index (χ1) is 26.3. The van der Waals surface area contributed by atoms with E-state index in [1.807, 2.05) is 24.3 Å². The molecule has 302 valence electrons. The molecule has 1 aromatic carbocycles. The van der Waals surface area contributed by atoms with Crippen molar-refractivity contribution >= 4 is 89.7 Å². The maximum atomic E-state index is 12.6. The first-order valence-corrected chi connectivity index (χ1v) is 20.1. The van der Waals surface area contributed by atoms with Gasteiger partial charge < -0.3 is 61.4 Å². The molecule has 0 bridgehead atoms. The highest BCUT2D eigenvalue weighted by Gasteiger charge is 2.30. The van der Waals surface area contributed by atoms with E-state index in [0.29, 0.717) is 22.9 Å². The summed E-state index contributed by atoms with van der Waals surface area (Å²) in [6.07, 6.45) is -4.95. The van der Waals surface area contributed by atoms with E-state index in [4.69, 9.17) is 14.6 Å². The molecule has 2 aromatic heterocycles. The Balaban J connectivity index is 1.28. The zero-order valence-corrected chi connectivity index (χ0v) is 32.8. The van der Waals surface area contributed by atoms with Crippen molar-refractivity contribution in [1.29, 1.82) is 0 Å². The van der Waals surface area contributed by atoms with Crippen LogP contribution in [0.1, 0.15) is 19.8 Å². The Hall–Kier alpha value is -4.03. The minimum absolute atomic E-state index is 0.00261. The number of carbonyl (C=O) groups excluding carboxylic acids is 3. The number of hydrogen-bond donors (Lipinski definition) is 10. The molecule has 0 fully saturated rings. The van der Waals surface area contributed by atoms with Crippen LogP contribution in [0.25, 0.3) is 10.9 Å². The van der Waals surface area contributed by atoms with Crippen LogP contribution >= 0.6 is 37.5 Å². The number of halogens is 1. The standard InChI is InChI=1S/C33H44BrN7O12S2/c1-18(5-6-27(45)37-14-24(43)28(46)29(47)25(44)15-42)31(48)41-23(32(49)50)16-55-54-10-9-53-33(51)52-8-7-35-26-12-21-22(13-36-26)38-17-39-30(21)40-20-4-2-3-19(34)11-20/h2-4,11-13,17-18,23-25,28-29,42-44,46-47H,5-10,14-16H2,1H3,(H,35,36)(H,37,45)(H,41,48)(H,49,50)(H,38,39,40)/t18-,23-,24-,25+,28+,29+/m0/s1. The van der Waals surface area contributed by atoms with Gasteiger partial charge in [-0.1, -0.05) is 50.5 Å². The monoisotopic (exact) mass is 873 g/mol. The molecule has 0 aliphatic rings. The molecule has 0 spiro atoms. The van der Waals surface area contributed by atoms with Crippen molar-refractivity contribution in [2.45, 2.75) is 50.2 Å². The van der Waals surface area contributed by atoms with Gasteiger partial charge in [-0.25, -0.2) is 24.5 Å². The van der Waals surface area contributed by atoms with Gasteiger partial charge in [-0.15, -0.1) is 0 Å². The van der Waals surface area contributed by atoms with Crippen molar-refractivity contribution in [3.05, 3.63) is 47.3 Å². The number of benzene rings is 1. The van der Waals surface area contributed by atoms with Gasteiger partial charge in [-0.05, 0) is 30.7 Å². The summed E-state index contributed by atoms with van der Waals surface area (Å²) in [5.74, 6) is -1.74. The predicted octanol–water partition coefficient (Wildman–Crippen LogP) is 1.02. The van der Waals surface area contributed by atoms with Gasteiger partial charge in [0.15, 0.2) is 0 Å². The summed E-state index contributed by atoms with van der Waals surface area (Å²) in [7, 11) is 2.38. The highest BCUT2D eigenvalue weighted by atomic mass is 79.9. The molecular weight excluding hydrogens is 830 g/mol. The second-order valence-electron chi connectivity index (χ2n) is 11.9. The number of carbonyl (C=O) groups is 4. The van der Waals surface area contributed by atoms with E-state index >= 15 is 0 Å². The van der Waals surface area contributed by atoms with Gasteiger partial charge in [0.25, 0.3) is 0 Å². The molecule has 3 aromatic rings. The number of nitrogens with zero attached hydrogens (tertiary/aromatic N) is 3. The Morgan fingerprint density at radius 3 is 2.44 bits per heavy atom. The third kappa shape index (κ3) is 15.9. The third-order valence-corrected chi connectivity index (χ3v) is 10.5. The number of amides is 2. The van der Waals surface area contributed by atoms with Crippen molar-refractivity contribution < 1.29 is 59.3 Å². The molecule has 0 saturated carbocycles. The van der Waals surface area contributed by atoms with E-state index in [-0.39, 0.29) is 38.4 Å². The van der Waals surface area contributed by atoms with Crippen LogP contribution in [0.15, 0.2) is 47.3 Å². The van der Waals surface area contributed by atoms with Crippen LogP contribution in [0, 0.1) is 5.92 Å². The van der Waals surface area contributed by atoms with Crippen LogP contribution in [0.3, 0.4) is 0 Å². The minimum atomic E-state index is -1.84. The van der Waals surface area contributed by atoms with Crippen LogP contribution in [-0.4, -0.2) is 144 Å². The first kappa shape index (κ1) is 45.4. The second kappa shape index (κ2) is 23.8. The quantitative estimate of drug-likeness (QED) is 0.0341. The van der Waals surface area contributed by atoms with E-state index in [1.165, 1.54) is 24.0 Å². The number of aliphatic hydroxyl groups excluding tert-OH is 5. The van der Waals surface area contributed by atoms with Crippen molar-refractivity contribution in [3.63, 3.8) is 0 Å². The predicted molar refractivity (Wildman–Crippen MR) is 208 cm³/mol. The lowest BCUT2D eigenvalue weighted by molar-refractivity contribution is -0.141. The molecule has 2 amide bonds. The maximum absolute atomic E-state index is 12.6. The zero-order valence-electron chi connectivity index (χ0n) is 29.5. The van der Waals surface area contributed by atoms with Crippen molar-refractivity contribution in [2.75, 3.05) is 55.0 Å². The zero-order chi connectivity index (χ0) is 40.3. The maximum Gasteiger partial charge on any atom is 0.508 e. The van der Waals surface area contributed by atoms with Crippen LogP contribution in [0.4, 0.5) is 22.1 Å². The first-order valence-electron chi connectivity index (χ1n) is 16.8. The highest BCUT2D eigenvalue weighted by molar-refractivity contribution is 9.10. The average Bonchev–Trinajstić information content (AvgIpc) is 3.17. The van der Waals surface area contributed by atoms with Gasteiger partial charge in [0, 0.05) is 45.9 Å². The molecule has 0 aliphatic carbocycles. The molecule has 22 heteroatoms. The molecular formula is C33H44BrN7O12S2. The number of anilines is 3. The fraction of sp³-hybridized carbons (Fsp3) is 0.485. The van der Waals surface area contributed by atoms with Crippen LogP contribution in [0.5, 0.6) is 0 Å². The van der Waals surface area contributed by atoms with E-state index in [2.05, 4.69) is 52.1 Å². The lowest BCUT2D eigenvalue weighted by Crippen LogP contribution is -2.49. The number of aliphatic hydroxyl groups is 5. The summed E-state index contributed by atoms with van der Waals surface area (Å²) in [6.45, 7) is 0.434. The Bertz CT molecular complexity index is 1720. The average molecular weight is 875 g/mol. The summed E-state index contributed by atoms with van der Waals surface area (Å²) >= 11 is 3.45. The topological polar surface area (TPSA) is 295 Å². The van der Waals surface area contributed by atoms with Gasteiger partial charge in [0.1, 0.15) is 55.5 Å². The summed E-state index contributed by atoms with van der Waals surface area (Å²) in [6, 6.07) is 8.18. The fourth-order valence-corrected chi connectivity index (χ4v) is 6.89. The Labute approximate surface area is 331 Å². The number of aliphatic carboxylic acids is 1. The number of carboxylic acids is 1. The lowest BCUT2D eigenvalue weighted by atomic mass is 10.0. The van der Waals surface area contributed by atoms with Gasteiger partial charge >= 0.3 is 12.1 Å². The lowest BCUT2D eigenvalue weighted by Gasteiger charge is -2.25. The van der Waals surface area contributed by atoms with Gasteiger partial charge in [0.2, 0.25) is 11.8 Å². The van der Waals surface area contributed by atoms with Gasteiger partial charge in [-0.2, -0.15) is 0 Å². The van der Waals surface area contributed by atoms with Crippen molar-refractivity contribution in [1.82, 2.24) is 25.6 Å². The number of ether oxygens (including phenoxy) is 2. The van der Waals surface area contributed by atoms with E-state index < -0.39 is 73.5 Å². The Morgan fingerprint density at radius 1 is 0.964 bits per heavy atom. The van der Waals surface area contributed by atoms with Gasteiger partial charge in [-0.3, -0.25) is 9.59 Å². The molecule has 0 radical (unpaired) electrons. The van der Waals surface area contributed by atoms with E-state index in [9.17, 15) is 44.7 Å². The normalized spacial score (nSPS) is 14.5. The minimum Gasteiger partial charge on any atom is -0.480 e. The molecule has 0 saturated heterocycles. The summed E-state index contributed by atoms with van der Waals surface area (Å²) < 4.78 is 11.1. The van der Waals surface area contributed by atoms with Crippen LogP contribution in [-0.2, 0) is 23.9 Å². The number of fused-ring (bicyclic) bond motifs is 1. The number of hydrogen-bond acceptors (Lipinski definition) is 18. The smallest absolute Gasteiger partial charge is 0.480 e. The highest BCUT2D eigenvalue weighted by Crippen LogP contribution is 2.26. The fourth-order valence-electron chi connectivity index (χ4n) is 4.51. The SMILES string of the molecule is C[C@@H](CCC(=O)NC[C@H](O)[C@@H](O)[C@H](O)[C@H](O)CO)C(=O)N[C@@H](CSSCCOC(=O)OCCNc1cc2c(Nc3cccc(Br)c3)ncnc2cn1)C(=O)O. The third-order valence-electron chi connectivity index (χ3n) is 7.64. The number of nitrogens with one attached hydrogen (secondary N) is 4. The molecule has 10 N–H and O–H groups in total. The molecule has 19 nitrogen and oxygen atoms in total. The number of carboxylic acid groups (broad SMARTS) is 1. The Morgan fingerprint density at radius 2 is 1.71 bits per heavy atom. The summed E-state index contributed by atoms with van der Waals surface area (Å²) in [5.41, 5.74) is 1.47. The molecule has 6 atom stereocenters. The number of aromatic nitrogens is 3. The van der Waals surface area contributed by atoms with Crippen molar-refractivity contribution in [3.8, 4) is 0 Å². The molecule has 3 rings (SSSR count). The van der Waals surface area contributed by atoms with E-state index in [1.54, 1.807) is 12.3 Å². The van der Waals surface area contributed by atoms with Crippen molar-refractivity contribution in [2.24, 2.45) is 5.92 Å². The summed E-state index contributed by atoms with van der Waals surface area (Å²) in [4.78, 5) is 61.4. The Kier molecular flexibility index (Phi) is 19.6. The molecule has 2 heterocycles. The van der Waals surface area contributed by atoms with Crippen LogP contribution in [0.2, 0.25) is 0 Å². The molecule has 0 unspecified atom stereocenters. The molecule has 55 heavy (non-hydrogen) atoms. The summed E-state index contributed by atoms with van der Waals surface area (Å²) in [5, 5.41) is 68.9. The number of rotatable bonds is 24. The number of pyridine rings is 1. The van der Waals surface area contributed by atoms with Crippen LogP contribution < -0.4 is 21.3 Å². The largest absolute Gasteiger partial charge is 0.508 e. The second-order valence-corrected chi connectivity index (χ2v) is 15.4. The van der Waals surface area contributed by atoms with E-state index in [0.717, 1.165) is 26.3 Å². The van der Waals surface area contributed by atoms with Gasteiger partial charge in [0.05, 0.1) is 31.0 Å². The molecule has 0 aliphatic heterocycles.